The number of fused-ring (bicyclic) bond motifs is 2. The first kappa shape index (κ1) is 16.8. The highest BCUT2D eigenvalue weighted by atomic mass is 16.1. The van der Waals surface area contributed by atoms with Crippen LogP contribution in [0.2, 0.25) is 0 Å². The number of nitrogens with one attached hydrogen (secondary N) is 1. The van der Waals surface area contributed by atoms with Gasteiger partial charge in [0.1, 0.15) is 0 Å². The lowest BCUT2D eigenvalue weighted by Crippen LogP contribution is -2.50. The van der Waals surface area contributed by atoms with Crippen molar-refractivity contribution in [3.05, 3.63) is 0 Å². The van der Waals surface area contributed by atoms with Gasteiger partial charge in [-0.25, -0.2) is 0 Å². The average Bonchev–Trinajstić information content (AvgIpc) is 2.34. The molecule has 0 radical (unpaired) electrons. The first-order chi connectivity index (χ1) is 9.78. The van der Waals surface area contributed by atoms with Crippen LogP contribution < -0.4 is 11.1 Å². The molecule has 3 N–H and O–H groups in total. The molecule has 4 heteroatoms. The van der Waals surface area contributed by atoms with E-state index in [0.29, 0.717) is 17.9 Å². The van der Waals surface area contributed by atoms with Gasteiger partial charge in [0, 0.05) is 25.0 Å². The quantitative estimate of drug-likeness (QED) is 0.814. The van der Waals surface area contributed by atoms with Crippen molar-refractivity contribution in [3.63, 3.8) is 0 Å². The molecular formula is C17H33N3O. The maximum Gasteiger partial charge on any atom is 0.223 e. The molecular weight excluding hydrogens is 262 g/mol. The SMILES string of the molecule is CN(C)CC(C)(C)CNC(=O)C1CC2CCCC(C1)C2N. The molecule has 2 aliphatic carbocycles. The predicted molar refractivity (Wildman–Crippen MR) is 86.9 cm³/mol. The van der Waals surface area contributed by atoms with Crippen LogP contribution in [0.1, 0.15) is 46.0 Å². The third-order valence-electron chi connectivity index (χ3n) is 5.27. The minimum atomic E-state index is 0.111. The first-order valence-electron chi connectivity index (χ1n) is 8.46. The minimum Gasteiger partial charge on any atom is -0.355 e. The van der Waals surface area contributed by atoms with Crippen molar-refractivity contribution in [1.82, 2.24) is 10.2 Å². The fourth-order valence-electron chi connectivity index (χ4n) is 4.39. The van der Waals surface area contributed by atoms with Crippen molar-refractivity contribution in [1.29, 1.82) is 0 Å². The smallest absolute Gasteiger partial charge is 0.223 e. The van der Waals surface area contributed by atoms with E-state index in [0.717, 1.165) is 25.9 Å². The largest absolute Gasteiger partial charge is 0.355 e. The molecule has 2 bridgehead atoms. The number of carbonyl (C=O) groups is 1. The summed E-state index contributed by atoms with van der Waals surface area (Å²) in [5, 5.41) is 3.20. The highest BCUT2D eigenvalue weighted by Crippen LogP contribution is 2.41. The molecule has 2 unspecified atom stereocenters. The number of rotatable bonds is 5. The molecule has 0 aromatic rings. The van der Waals surface area contributed by atoms with Crippen molar-refractivity contribution < 1.29 is 4.79 Å². The van der Waals surface area contributed by atoms with Crippen LogP contribution in [0, 0.1) is 23.2 Å². The molecule has 2 aliphatic rings. The Morgan fingerprint density at radius 1 is 1.24 bits per heavy atom. The van der Waals surface area contributed by atoms with E-state index in [1.54, 1.807) is 0 Å². The predicted octanol–water partition coefficient (Wildman–Crippen LogP) is 1.84. The van der Waals surface area contributed by atoms with E-state index < -0.39 is 0 Å². The summed E-state index contributed by atoms with van der Waals surface area (Å²) in [6.45, 7) is 6.15. The summed E-state index contributed by atoms with van der Waals surface area (Å²) in [5.41, 5.74) is 6.42. The van der Waals surface area contributed by atoms with Crippen LogP contribution in [-0.2, 0) is 4.79 Å². The molecule has 0 aliphatic heterocycles. The van der Waals surface area contributed by atoms with Crippen LogP contribution in [-0.4, -0.2) is 44.0 Å². The standard InChI is InChI=1S/C17H33N3O/c1-17(2,11-20(3)4)10-19-16(21)14-8-12-6-5-7-13(9-14)15(12)18/h12-15H,5-11,18H2,1-4H3,(H,19,21). The van der Waals surface area contributed by atoms with E-state index in [1.807, 2.05) is 0 Å². The van der Waals surface area contributed by atoms with Crippen molar-refractivity contribution in [2.75, 3.05) is 27.2 Å². The zero-order valence-electron chi connectivity index (χ0n) is 14.2. The lowest BCUT2D eigenvalue weighted by atomic mass is 9.65. The second-order valence-corrected chi connectivity index (χ2v) is 8.32. The van der Waals surface area contributed by atoms with Crippen molar-refractivity contribution >= 4 is 5.91 Å². The van der Waals surface area contributed by atoms with Gasteiger partial charge >= 0.3 is 0 Å². The lowest BCUT2D eigenvalue weighted by molar-refractivity contribution is -0.128. The van der Waals surface area contributed by atoms with E-state index >= 15 is 0 Å². The Balaban J connectivity index is 1.84. The van der Waals surface area contributed by atoms with Crippen LogP contribution >= 0.6 is 0 Å². The van der Waals surface area contributed by atoms with Crippen molar-refractivity contribution in [2.45, 2.75) is 52.0 Å². The fraction of sp³-hybridized carbons (Fsp3) is 0.941. The summed E-state index contributed by atoms with van der Waals surface area (Å²) in [5.74, 6) is 1.59. The monoisotopic (exact) mass is 295 g/mol. The van der Waals surface area contributed by atoms with E-state index in [9.17, 15) is 4.79 Å². The third-order valence-corrected chi connectivity index (χ3v) is 5.27. The minimum absolute atomic E-state index is 0.111. The molecule has 0 saturated heterocycles. The second-order valence-electron chi connectivity index (χ2n) is 8.32. The molecule has 2 saturated carbocycles. The molecule has 0 aromatic carbocycles. The summed E-state index contributed by atoms with van der Waals surface area (Å²) in [6, 6.07) is 0.341. The maximum absolute atomic E-state index is 12.5. The first-order valence-corrected chi connectivity index (χ1v) is 8.46. The Hall–Kier alpha value is -0.610. The number of nitrogens with two attached hydrogens (primary N) is 1. The van der Waals surface area contributed by atoms with Gasteiger partial charge in [0.05, 0.1) is 0 Å². The van der Waals surface area contributed by atoms with E-state index in [-0.39, 0.29) is 17.2 Å². The van der Waals surface area contributed by atoms with Crippen LogP contribution in [0.3, 0.4) is 0 Å². The zero-order valence-corrected chi connectivity index (χ0v) is 14.2. The molecule has 122 valence electrons. The fourth-order valence-corrected chi connectivity index (χ4v) is 4.39. The Bertz CT molecular complexity index is 353. The van der Waals surface area contributed by atoms with E-state index in [2.05, 4.69) is 38.2 Å². The third kappa shape index (κ3) is 4.43. The molecule has 2 fully saturated rings. The second kappa shape index (κ2) is 6.66. The zero-order chi connectivity index (χ0) is 15.6. The number of carbonyl (C=O) groups excluding carboxylic acids is 1. The topological polar surface area (TPSA) is 58.4 Å². The van der Waals surface area contributed by atoms with Crippen LogP contribution in [0.5, 0.6) is 0 Å². The molecule has 1 amide bonds. The molecule has 2 rings (SSSR count). The summed E-state index contributed by atoms with van der Waals surface area (Å²) >= 11 is 0. The van der Waals surface area contributed by atoms with Gasteiger partial charge in [0.25, 0.3) is 0 Å². The molecule has 0 heterocycles. The van der Waals surface area contributed by atoms with Gasteiger partial charge < -0.3 is 16.0 Å². The highest BCUT2D eigenvalue weighted by molar-refractivity contribution is 5.78. The van der Waals surface area contributed by atoms with Crippen LogP contribution in [0.15, 0.2) is 0 Å². The van der Waals surface area contributed by atoms with Gasteiger partial charge in [-0.15, -0.1) is 0 Å². The molecule has 0 aromatic heterocycles. The number of hydrogen-bond donors (Lipinski definition) is 2. The van der Waals surface area contributed by atoms with Crippen LogP contribution in [0.4, 0.5) is 0 Å². The molecule has 0 spiro atoms. The van der Waals surface area contributed by atoms with Gasteiger partial charge in [0.15, 0.2) is 0 Å². The number of amides is 1. The van der Waals surface area contributed by atoms with Gasteiger partial charge in [-0.1, -0.05) is 20.3 Å². The van der Waals surface area contributed by atoms with E-state index in [4.69, 9.17) is 5.73 Å². The Morgan fingerprint density at radius 3 is 2.33 bits per heavy atom. The van der Waals surface area contributed by atoms with Crippen molar-refractivity contribution in [3.8, 4) is 0 Å². The van der Waals surface area contributed by atoms with E-state index in [1.165, 1.54) is 19.3 Å². The number of hydrogen-bond acceptors (Lipinski definition) is 3. The molecule has 2 atom stereocenters. The summed E-state index contributed by atoms with van der Waals surface area (Å²) in [4.78, 5) is 14.7. The Labute approximate surface area is 129 Å². The summed E-state index contributed by atoms with van der Waals surface area (Å²) in [7, 11) is 4.15. The van der Waals surface area contributed by atoms with Crippen LogP contribution in [0.25, 0.3) is 0 Å². The Kier molecular flexibility index (Phi) is 5.31. The average molecular weight is 295 g/mol. The highest BCUT2D eigenvalue weighted by Gasteiger charge is 2.40. The van der Waals surface area contributed by atoms with Gasteiger partial charge in [-0.2, -0.15) is 0 Å². The maximum atomic E-state index is 12.5. The van der Waals surface area contributed by atoms with Gasteiger partial charge in [-0.3, -0.25) is 4.79 Å². The molecule has 4 nitrogen and oxygen atoms in total. The normalized spacial score (nSPS) is 33.0. The summed E-state index contributed by atoms with van der Waals surface area (Å²) < 4.78 is 0. The molecule has 21 heavy (non-hydrogen) atoms. The number of nitrogens with zero attached hydrogens (tertiary/aromatic N) is 1. The summed E-state index contributed by atoms with van der Waals surface area (Å²) in [6.07, 6.45) is 5.73. The van der Waals surface area contributed by atoms with Gasteiger partial charge in [0.2, 0.25) is 5.91 Å². The lowest BCUT2D eigenvalue weighted by Gasteiger charge is -2.43. The van der Waals surface area contributed by atoms with Crippen molar-refractivity contribution in [2.24, 2.45) is 28.9 Å². The Morgan fingerprint density at radius 2 is 1.81 bits per heavy atom. The van der Waals surface area contributed by atoms with Gasteiger partial charge in [-0.05, 0) is 57.0 Å².